The van der Waals surface area contributed by atoms with E-state index in [9.17, 15) is 0 Å². The van der Waals surface area contributed by atoms with Gasteiger partial charge in [0, 0.05) is 42.3 Å². The molecule has 2 aromatic heterocycles. The molecule has 31 heavy (non-hydrogen) atoms. The van der Waals surface area contributed by atoms with Gasteiger partial charge in [0.25, 0.3) is 0 Å². The molecular weight excluding hydrogens is 386 g/mol. The second-order valence-corrected chi connectivity index (χ2v) is 8.06. The Morgan fingerprint density at radius 1 is 1.03 bits per heavy atom. The molecule has 162 valence electrons. The number of aromatic amines is 1. The van der Waals surface area contributed by atoms with E-state index in [4.69, 9.17) is 0 Å². The van der Waals surface area contributed by atoms with Crippen LogP contribution >= 0.6 is 0 Å². The van der Waals surface area contributed by atoms with Crippen LogP contribution in [0.2, 0.25) is 0 Å². The number of rotatable bonds is 10. The fraction of sp³-hybridized carbons (Fsp3) is 0.417. The number of hydrogen-bond acceptors (Lipinski definition) is 6. The number of benzene rings is 1. The highest BCUT2D eigenvalue weighted by Crippen LogP contribution is 2.29. The summed E-state index contributed by atoms with van der Waals surface area (Å²) in [6, 6.07) is 12.6. The van der Waals surface area contributed by atoms with E-state index in [1.165, 1.54) is 36.9 Å². The summed E-state index contributed by atoms with van der Waals surface area (Å²) in [7, 11) is 0. The molecule has 1 N–H and O–H groups in total. The third-order valence-corrected chi connectivity index (χ3v) is 5.67. The zero-order valence-corrected chi connectivity index (χ0v) is 18.5. The monoisotopic (exact) mass is 417 g/mol. The van der Waals surface area contributed by atoms with Crippen LogP contribution in [0.1, 0.15) is 51.5 Å². The van der Waals surface area contributed by atoms with Crippen LogP contribution in [-0.4, -0.2) is 48.6 Å². The third-order valence-electron chi connectivity index (χ3n) is 5.67. The minimum Gasteiger partial charge on any atom is -0.358 e. The van der Waals surface area contributed by atoms with Crippen LogP contribution < -0.4 is 0 Å². The normalized spacial score (nSPS) is 13.7. The number of aromatic nitrogens is 5. The molecule has 0 radical (unpaired) electrons. The van der Waals surface area contributed by atoms with Crippen LogP contribution in [0.4, 0.5) is 0 Å². The first-order chi connectivity index (χ1) is 15.3. The molecule has 0 unspecified atom stereocenters. The van der Waals surface area contributed by atoms with Crippen molar-refractivity contribution in [2.45, 2.75) is 52.5 Å². The van der Waals surface area contributed by atoms with Gasteiger partial charge in [0.2, 0.25) is 5.82 Å². The van der Waals surface area contributed by atoms with Gasteiger partial charge in [-0.2, -0.15) is 5.21 Å². The fourth-order valence-electron chi connectivity index (χ4n) is 3.95. The van der Waals surface area contributed by atoms with Crippen molar-refractivity contribution in [1.29, 1.82) is 0 Å². The molecule has 0 saturated heterocycles. The number of pyridine rings is 1. The molecule has 0 fully saturated rings. The van der Waals surface area contributed by atoms with Crippen LogP contribution in [0.15, 0.2) is 54.5 Å². The molecule has 0 atom stereocenters. The lowest BCUT2D eigenvalue weighted by atomic mass is 10.0. The summed E-state index contributed by atoms with van der Waals surface area (Å²) in [6.07, 6.45) is 10.3. The molecule has 7 nitrogen and oxygen atoms in total. The first-order valence-electron chi connectivity index (χ1n) is 11.3. The van der Waals surface area contributed by atoms with Crippen molar-refractivity contribution in [2.75, 3.05) is 13.2 Å². The molecule has 0 aliphatic carbocycles. The zero-order chi connectivity index (χ0) is 21.5. The molecule has 0 bridgehead atoms. The second kappa shape index (κ2) is 10.2. The fourth-order valence-corrected chi connectivity index (χ4v) is 3.95. The van der Waals surface area contributed by atoms with Crippen molar-refractivity contribution in [3.8, 4) is 22.6 Å². The minimum absolute atomic E-state index is 0.558. The van der Waals surface area contributed by atoms with Gasteiger partial charge >= 0.3 is 0 Å². The molecule has 1 aromatic carbocycles. The molecule has 0 amide bonds. The molecule has 0 saturated carbocycles. The maximum absolute atomic E-state index is 4.57. The number of allylic oxidation sites excluding steroid dienone is 1. The molecule has 1 aliphatic heterocycles. The first-order valence-corrected chi connectivity index (χ1v) is 11.3. The number of tetrazole rings is 1. The van der Waals surface area contributed by atoms with E-state index >= 15 is 0 Å². The minimum atomic E-state index is 0.558. The summed E-state index contributed by atoms with van der Waals surface area (Å²) in [5, 5.41) is 14.4. The third kappa shape index (κ3) is 5.10. The average Bonchev–Trinajstić information content (AvgIpc) is 3.47. The maximum Gasteiger partial charge on any atom is 0.206 e. The van der Waals surface area contributed by atoms with E-state index in [0.29, 0.717) is 5.82 Å². The highest BCUT2D eigenvalue weighted by Gasteiger charge is 2.20. The lowest BCUT2D eigenvalue weighted by Crippen LogP contribution is -2.27. The predicted octanol–water partition coefficient (Wildman–Crippen LogP) is 4.84. The first kappa shape index (κ1) is 21.0. The van der Waals surface area contributed by atoms with E-state index in [1.807, 2.05) is 12.1 Å². The van der Waals surface area contributed by atoms with Crippen molar-refractivity contribution in [1.82, 2.24) is 35.4 Å². The van der Waals surface area contributed by atoms with Gasteiger partial charge in [-0.1, -0.05) is 51.0 Å². The maximum atomic E-state index is 4.57. The average molecular weight is 418 g/mol. The lowest BCUT2D eigenvalue weighted by Gasteiger charge is -2.24. The van der Waals surface area contributed by atoms with Gasteiger partial charge in [0.1, 0.15) is 0 Å². The Morgan fingerprint density at radius 2 is 1.87 bits per heavy atom. The molecule has 4 rings (SSSR count). The van der Waals surface area contributed by atoms with Crippen LogP contribution in [0.3, 0.4) is 0 Å². The van der Waals surface area contributed by atoms with Gasteiger partial charge in [0.15, 0.2) is 0 Å². The molecule has 1 aliphatic rings. The smallest absolute Gasteiger partial charge is 0.206 e. The number of nitrogens with one attached hydrogen (secondary N) is 1. The number of nitrogens with zero attached hydrogens (tertiary/aromatic N) is 6. The zero-order valence-electron chi connectivity index (χ0n) is 18.5. The van der Waals surface area contributed by atoms with E-state index < -0.39 is 0 Å². The van der Waals surface area contributed by atoms with Gasteiger partial charge in [-0.05, 0) is 42.2 Å². The quantitative estimate of drug-likeness (QED) is 0.509. The summed E-state index contributed by atoms with van der Waals surface area (Å²) < 4.78 is 0. The lowest BCUT2D eigenvalue weighted by molar-refractivity contribution is 0.242. The Labute approximate surface area is 184 Å². The molecular formula is C24H31N7. The Morgan fingerprint density at radius 3 is 2.61 bits per heavy atom. The van der Waals surface area contributed by atoms with Crippen LogP contribution in [0, 0.1) is 0 Å². The molecule has 0 spiro atoms. The van der Waals surface area contributed by atoms with Crippen LogP contribution in [0.25, 0.3) is 22.6 Å². The van der Waals surface area contributed by atoms with Gasteiger partial charge in [-0.25, -0.2) is 0 Å². The Hall–Kier alpha value is -3.22. The SMILES string of the molecule is CCCCC1=CN(CCCC)CN1Cc1ccc(-c2ncccc2-c2nn[nH]n2)cc1. The van der Waals surface area contributed by atoms with Crippen molar-refractivity contribution < 1.29 is 0 Å². The highest BCUT2D eigenvalue weighted by atomic mass is 15.5. The topological polar surface area (TPSA) is 73.8 Å². The van der Waals surface area contributed by atoms with Gasteiger partial charge in [-0.3, -0.25) is 4.98 Å². The molecule has 7 heteroatoms. The van der Waals surface area contributed by atoms with Crippen LogP contribution in [0.5, 0.6) is 0 Å². The highest BCUT2D eigenvalue weighted by molar-refractivity contribution is 5.76. The van der Waals surface area contributed by atoms with E-state index in [0.717, 1.165) is 43.0 Å². The van der Waals surface area contributed by atoms with Gasteiger partial charge in [-0.15, -0.1) is 10.2 Å². The number of unbranched alkanes of at least 4 members (excludes halogenated alkanes) is 2. The van der Waals surface area contributed by atoms with Crippen molar-refractivity contribution in [3.05, 3.63) is 60.1 Å². The Balaban J connectivity index is 1.48. The number of hydrogen-bond donors (Lipinski definition) is 1. The van der Waals surface area contributed by atoms with Crippen molar-refractivity contribution in [2.24, 2.45) is 0 Å². The van der Waals surface area contributed by atoms with Gasteiger partial charge < -0.3 is 9.80 Å². The molecule has 3 aromatic rings. The van der Waals surface area contributed by atoms with E-state index in [1.54, 1.807) is 6.20 Å². The summed E-state index contributed by atoms with van der Waals surface area (Å²) in [4.78, 5) is 9.56. The van der Waals surface area contributed by atoms with E-state index in [-0.39, 0.29) is 0 Å². The largest absolute Gasteiger partial charge is 0.358 e. The van der Waals surface area contributed by atoms with Crippen molar-refractivity contribution in [3.63, 3.8) is 0 Å². The Kier molecular flexibility index (Phi) is 6.92. The molecule has 3 heterocycles. The second-order valence-electron chi connectivity index (χ2n) is 8.06. The van der Waals surface area contributed by atoms with E-state index in [2.05, 4.69) is 79.7 Å². The summed E-state index contributed by atoms with van der Waals surface area (Å²) in [5.41, 5.74) is 5.56. The van der Waals surface area contributed by atoms with Gasteiger partial charge in [0.05, 0.1) is 12.4 Å². The standard InChI is InChI=1S/C24H31N7/c1-3-5-8-21-17-30(15-6-4-2)18-31(21)16-19-10-12-20(13-11-19)23-22(9-7-14-25-23)24-26-28-29-27-24/h7,9-14,17H,3-6,8,15-16,18H2,1-2H3,(H,26,27,28,29). The summed E-state index contributed by atoms with van der Waals surface area (Å²) in [6.45, 7) is 7.57. The van der Waals surface area contributed by atoms with Crippen molar-refractivity contribution >= 4 is 0 Å². The number of H-pyrrole nitrogens is 1. The van der Waals surface area contributed by atoms with Crippen LogP contribution in [-0.2, 0) is 6.54 Å². The Bertz CT molecular complexity index is 979. The predicted molar refractivity (Wildman–Crippen MR) is 122 cm³/mol. The summed E-state index contributed by atoms with van der Waals surface area (Å²) >= 11 is 0. The summed E-state index contributed by atoms with van der Waals surface area (Å²) in [5.74, 6) is 0.558.